The predicted molar refractivity (Wildman–Crippen MR) is 95.0 cm³/mol. The molecule has 0 saturated heterocycles. The summed E-state index contributed by atoms with van der Waals surface area (Å²) < 4.78 is 1.04. The lowest BCUT2D eigenvalue weighted by atomic mass is 10.1. The summed E-state index contributed by atoms with van der Waals surface area (Å²) in [5, 5.41) is 6.27. The molecular weight excluding hydrogens is 340 g/mol. The molecule has 0 aliphatic heterocycles. The average molecular weight is 361 g/mol. The Balaban J connectivity index is 1.98. The van der Waals surface area contributed by atoms with E-state index >= 15 is 0 Å². The van der Waals surface area contributed by atoms with Crippen molar-refractivity contribution in [3.05, 3.63) is 64.1 Å². The van der Waals surface area contributed by atoms with Gasteiger partial charge in [0.1, 0.15) is 0 Å². The van der Waals surface area contributed by atoms with Crippen LogP contribution < -0.4 is 10.6 Å². The molecule has 1 amide bonds. The van der Waals surface area contributed by atoms with Crippen molar-refractivity contribution in [3.63, 3.8) is 0 Å². The van der Waals surface area contributed by atoms with Crippen molar-refractivity contribution in [2.24, 2.45) is 0 Å². The second-order valence-electron chi connectivity index (χ2n) is 5.49. The van der Waals surface area contributed by atoms with Crippen molar-refractivity contribution in [1.82, 2.24) is 5.32 Å². The van der Waals surface area contributed by atoms with Crippen LogP contribution in [0.15, 0.2) is 53.0 Å². The van der Waals surface area contributed by atoms with Crippen LogP contribution in [0.1, 0.15) is 31.0 Å². The fourth-order valence-corrected chi connectivity index (χ4v) is 2.97. The van der Waals surface area contributed by atoms with Gasteiger partial charge in [-0.25, -0.2) is 0 Å². The fourth-order valence-electron chi connectivity index (χ4n) is 2.34. The van der Waals surface area contributed by atoms with Crippen LogP contribution in [0.4, 0.5) is 5.69 Å². The van der Waals surface area contributed by atoms with Gasteiger partial charge in [0.2, 0.25) is 5.91 Å². The maximum Gasteiger partial charge on any atom is 0.241 e. The highest BCUT2D eigenvalue weighted by Crippen LogP contribution is 2.23. The third-order valence-electron chi connectivity index (χ3n) is 3.55. The number of benzene rings is 2. The van der Waals surface area contributed by atoms with Crippen molar-refractivity contribution in [2.45, 2.75) is 32.9 Å². The normalized spacial score (nSPS) is 13.5. The molecule has 0 radical (unpaired) electrons. The molecule has 0 saturated carbocycles. The number of amides is 1. The Morgan fingerprint density at radius 1 is 1.09 bits per heavy atom. The number of hydrogen-bond donors (Lipinski definition) is 2. The number of aryl methyl sites for hydroxylation is 1. The van der Waals surface area contributed by atoms with E-state index in [0.29, 0.717) is 0 Å². The van der Waals surface area contributed by atoms with Crippen LogP contribution in [0, 0.1) is 6.92 Å². The van der Waals surface area contributed by atoms with E-state index in [1.54, 1.807) is 0 Å². The van der Waals surface area contributed by atoms with E-state index in [0.717, 1.165) is 21.3 Å². The van der Waals surface area contributed by atoms with Gasteiger partial charge < -0.3 is 5.32 Å². The minimum absolute atomic E-state index is 0.0375. The Labute approximate surface area is 140 Å². The van der Waals surface area contributed by atoms with Gasteiger partial charge in [0.25, 0.3) is 0 Å². The smallest absolute Gasteiger partial charge is 0.241 e. The molecule has 0 aliphatic carbocycles. The first-order valence-corrected chi connectivity index (χ1v) is 8.14. The number of nitrogens with one attached hydrogen (secondary N) is 2. The first kappa shape index (κ1) is 16.7. The van der Waals surface area contributed by atoms with E-state index < -0.39 is 0 Å². The zero-order valence-corrected chi connectivity index (χ0v) is 14.6. The van der Waals surface area contributed by atoms with Gasteiger partial charge in [-0.05, 0) is 50.1 Å². The van der Waals surface area contributed by atoms with Gasteiger partial charge in [0.15, 0.2) is 0 Å². The molecule has 0 unspecified atom stereocenters. The van der Waals surface area contributed by atoms with Crippen molar-refractivity contribution >= 4 is 27.5 Å². The first-order valence-electron chi connectivity index (χ1n) is 7.35. The molecule has 2 rings (SSSR count). The van der Waals surface area contributed by atoms with Crippen molar-refractivity contribution < 1.29 is 4.79 Å². The Morgan fingerprint density at radius 3 is 2.50 bits per heavy atom. The van der Waals surface area contributed by atoms with Gasteiger partial charge in [-0.15, -0.1) is 0 Å². The van der Waals surface area contributed by atoms with Crippen LogP contribution in [0.3, 0.4) is 0 Å². The summed E-state index contributed by atoms with van der Waals surface area (Å²) >= 11 is 3.55. The highest BCUT2D eigenvalue weighted by atomic mass is 79.9. The predicted octanol–water partition coefficient (Wildman–Crippen LogP) is 4.44. The lowest BCUT2D eigenvalue weighted by Gasteiger charge is -2.21. The first-order chi connectivity index (χ1) is 10.5. The molecular formula is C18H21BrN2O. The number of halogens is 1. The van der Waals surface area contributed by atoms with Gasteiger partial charge >= 0.3 is 0 Å². The topological polar surface area (TPSA) is 41.1 Å². The van der Waals surface area contributed by atoms with E-state index in [9.17, 15) is 4.79 Å². The largest absolute Gasteiger partial charge is 0.325 e. The number of anilines is 1. The quantitative estimate of drug-likeness (QED) is 0.827. The Morgan fingerprint density at radius 2 is 1.82 bits per heavy atom. The molecule has 2 atom stereocenters. The van der Waals surface area contributed by atoms with Crippen molar-refractivity contribution in [2.75, 3.05) is 5.32 Å². The van der Waals surface area contributed by atoms with Crippen LogP contribution in [0.2, 0.25) is 0 Å². The van der Waals surface area contributed by atoms with E-state index in [2.05, 4.69) is 33.5 Å². The molecule has 0 spiro atoms. The maximum absolute atomic E-state index is 12.3. The molecule has 0 heterocycles. The molecule has 3 nitrogen and oxygen atoms in total. The number of carbonyl (C=O) groups excluding carboxylic acids is 1. The molecule has 4 heteroatoms. The van der Waals surface area contributed by atoms with Crippen molar-refractivity contribution in [3.8, 4) is 0 Å². The second kappa shape index (κ2) is 7.56. The van der Waals surface area contributed by atoms with E-state index in [4.69, 9.17) is 0 Å². The SMILES string of the molecule is Cc1cccc(NC(=O)[C@H](C)N[C@H](C)c2ccccc2Br)c1. The Kier molecular flexibility index (Phi) is 5.75. The van der Waals surface area contributed by atoms with Gasteiger partial charge in [0, 0.05) is 16.2 Å². The molecule has 0 aliphatic rings. The highest BCUT2D eigenvalue weighted by molar-refractivity contribution is 9.10. The molecule has 2 aromatic carbocycles. The number of rotatable bonds is 5. The summed E-state index contributed by atoms with van der Waals surface area (Å²) in [6.07, 6.45) is 0. The average Bonchev–Trinajstić information content (AvgIpc) is 2.47. The molecule has 2 aromatic rings. The van der Waals surface area contributed by atoms with Crippen LogP contribution in [0.5, 0.6) is 0 Å². The fraction of sp³-hybridized carbons (Fsp3) is 0.278. The Hall–Kier alpha value is -1.65. The Bertz CT molecular complexity index is 657. The van der Waals surface area contributed by atoms with Gasteiger partial charge in [0.05, 0.1) is 6.04 Å². The molecule has 2 N–H and O–H groups in total. The maximum atomic E-state index is 12.3. The zero-order valence-electron chi connectivity index (χ0n) is 13.1. The van der Waals surface area contributed by atoms with E-state index in [1.807, 2.05) is 62.4 Å². The summed E-state index contributed by atoms with van der Waals surface area (Å²) in [5.41, 5.74) is 3.09. The molecule has 0 fully saturated rings. The lowest BCUT2D eigenvalue weighted by molar-refractivity contribution is -0.117. The zero-order chi connectivity index (χ0) is 16.1. The summed E-state index contributed by atoms with van der Waals surface area (Å²) in [5.74, 6) is -0.0375. The second-order valence-corrected chi connectivity index (χ2v) is 6.34. The number of hydrogen-bond acceptors (Lipinski definition) is 2. The summed E-state index contributed by atoms with van der Waals surface area (Å²) in [7, 11) is 0. The van der Waals surface area contributed by atoms with Crippen LogP contribution in [0.25, 0.3) is 0 Å². The molecule has 0 aromatic heterocycles. The highest BCUT2D eigenvalue weighted by Gasteiger charge is 2.17. The molecule has 22 heavy (non-hydrogen) atoms. The standard InChI is InChI=1S/C18H21BrN2O/c1-12-7-6-8-15(11-12)21-18(22)14(3)20-13(2)16-9-4-5-10-17(16)19/h4-11,13-14,20H,1-3H3,(H,21,22)/t13-,14+/m1/s1. The van der Waals surface area contributed by atoms with Gasteiger partial charge in [-0.1, -0.05) is 46.3 Å². The van der Waals surface area contributed by atoms with Crippen LogP contribution >= 0.6 is 15.9 Å². The van der Waals surface area contributed by atoms with Crippen LogP contribution in [-0.2, 0) is 4.79 Å². The number of carbonyl (C=O) groups is 1. The minimum atomic E-state index is -0.289. The van der Waals surface area contributed by atoms with Gasteiger partial charge in [-0.2, -0.15) is 0 Å². The third kappa shape index (κ3) is 4.42. The molecule has 116 valence electrons. The summed E-state index contributed by atoms with van der Waals surface area (Å²) in [4.78, 5) is 12.3. The van der Waals surface area contributed by atoms with E-state index in [1.165, 1.54) is 0 Å². The third-order valence-corrected chi connectivity index (χ3v) is 4.27. The summed E-state index contributed by atoms with van der Waals surface area (Å²) in [6.45, 7) is 5.93. The van der Waals surface area contributed by atoms with Gasteiger partial charge in [-0.3, -0.25) is 10.1 Å². The lowest BCUT2D eigenvalue weighted by Crippen LogP contribution is -2.39. The van der Waals surface area contributed by atoms with E-state index in [-0.39, 0.29) is 18.0 Å². The summed E-state index contributed by atoms with van der Waals surface area (Å²) in [6, 6.07) is 15.6. The monoisotopic (exact) mass is 360 g/mol. The minimum Gasteiger partial charge on any atom is -0.325 e. The van der Waals surface area contributed by atoms with Crippen LogP contribution in [-0.4, -0.2) is 11.9 Å². The van der Waals surface area contributed by atoms with Crippen molar-refractivity contribution in [1.29, 1.82) is 0 Å². The molecule has 0 bridgehead atoms.